The number of hydrogen-bond acceptors (Lipinski definition) is 3. The van der Waals surface area contributed by atoms with Gasteiger partial charge in [-0.25, -0.2) is 4.79 Å². The maximum absolute atomic E-state index is 13.2. The highest BCUT2D eigenvalue weighted by Crippen LogP contribution is 2.39. The van der Waals surface area contributed by atoms with Crippen LogP contribution in [0.1, 0.15) is 31.0 Å². The number of nitrogens with two attached hydrogens (primary N) is 1. The van der Waals surface area contributed by atoms with E-state index in [1.54, 1.807) is 4.57 Å². The zero-order valence-electron chi connectivity index (χ0n) is 18.3. The highest BCUT2D eigenvalue weighted by atomic mass is 16.1. The van der Waals surface area contributed by atoms with Gasteiger partial charge in [-0.15, -0.1) is 0 Å². The van der Waals surface area contributed by atoms with Gasteiger partial charge in [0.25, 0.3) is 0 Å². The molecule has 2 unspecified atom stereocenters. The number of benzene rings is 2. The van der Waals surface area contributed by atoms with Crippen molar-refractivity contribution in [2.24, 2.45) is 12.8 Å². The van der Waals surface area contributed by atoms with Gasteiger partial charge in [-0.2, -0.15) is 5.26 Å². The number of H-pyrrole nitrogens is 1. The minimum Gasteiger partial charge on any atom is -0.348 e. The molecule has 5 aromatic rings. The summed E-state index contributed by atoms with van der Waals surface area (Å²) in [7, 11) is 1.96. The fourth-order valence-corrected chi connectivity index (χ4v) is 5.44. The van der Waals surface area contributed by atoms with Gasteiger partial charge in [0.15, 0.2) is 0 Å². The Hall–Kier alpha value is -4.02. The van der Waals surface area contributed by atoms with Crippen LogP contribution in [-0.2, 0) is 7.05 Å². The lowest BCUT2D eigenvalue weighted by atomic mass is 10.1. The van der Waals surface area contributed by atoms with Crippen LogP contribution in [0.5, 0.6) is 0 Å². The monoisotopic (exact) mass is 436 g/mol. The summed E-state index contributed by atoms with van der Waals surface area (Å²) in [5.41, 5.74) is 10.5. The molecule has 0 saturated heterocycles. The van der Waals surface area contributed by atoms with Gasteiger partial charge in [-0.05, 0) is 31.4 Å². The van der Waals surface area contributed by atoms with Crippen molar-refractivity contribution in [1.29, 1.82) is 5.26 Å². The molecule has 7 heteroatoms. The fraction of sp³-hybridized carbons (Fsp3) is 0.231. The molecule has 164 valence electrons. The van der Waals surface area contributed by atoms with E-state index in [0.29, 0.717) is 11.7 Å². The molecule has 0 bridgehead atoms. The van der Waals surface area contributed by atoms with Crippen LogP contribution in [0.2, 0.25) is 0 Å². The number of hydrogen-bond donors (Lipinski definition) is 2. The predicted molar refractivity (Wildman–Crippen MR) is 129 cm³/mol. The van der Waals surface area contributed by atoms with E-state index in [2.05, 4.69) is 33.9 Å². The first kappa shape index (κ1) is 19.6. The number of nitrogens with zero attached hydrogens (tertiary/aromatic N) is 4. The lowest BCUT2D eigenvalue weighted by molar-refractivity contribution is 0.526. The van der Waals surface area contributed by atoms with Gasteiger partial charge in [0.1, 0.15) is 11.8 Å². The molecule has 0 aliphatic heterocycles. The van der Waals surface area contributed by atoms with Crippen LogP contribution in [-0.4, -0.2) is 24.7 Å². The van der Waals surface area contributed by atoms with E-state index in [1.165, 1.54) is 0 Å². The molecule has 0 spiro atoms. The van der Waals surface area contributed by atoms with Gasteiger partial charge in [0, 0.05) is 58.9 Å². The molecule has 1 aliphatic rings. The molecule has 2 aromatic carbocycles. The van der Waals surface area contributed by atoms with E-state index in [-0.39, 0.29) is 17.4 Å². The van der Waals surface area contributed by atoms with E-state index in [4.69, 9.17) is 5.73 Å². The summed E-state index contributed by atoms with van der Waals surface area (Å²) in [6.45, 7) is 0. The Labute approximate surface area is 190 Å². The highest BCUT2D eigenvalue weighted by Gasteiger charge is 2.28. The Morgan fingerprint density at radius 2 is 1.76 bits per heavy atom. The predicted octanol–water partition coefficient (Wildman–Crippen LogP) is 4.20. The van der Waals surface area contributed by atoms with Gasteiger partial charge < -0.3 is 14.9 Å². The smallest absolute Gasteiger partial charge is 0.331 e. The zero-order chi connectivity index (χ0) is 22.7. The van der Waals surface area contributed by atoms with E-state index in [1.807, 2.05) is 54.2 Å². The van der Waals surface area contributed by atoms with E-state index >= 15 is 0 Å². The Morgan fingerprint density at radius 3 is 2.48 bits per heavy atom. The van der Waals surface area contributed by atoms with Crippen molar-refractivity contribution in [3.8, 4) is 23.0 Å². The second-order valence-corrected chi connectivity index (χ2v) is 8.94. The summed E-state index contributed by atoms with van der Waals surface area (Å²) in [5, 5.41) is 11.9. The molecule has 3 aromatic heterocycles. The third-order valence-corrected chi connectivity index (χ3v) is 6.96. The molecule has 1 saturated carbocycles. The first-order chi connectivity index (χ1) is 16.1. The van der Waals surface area contributed by atoms with Crippen molar-refractivity contribution in [2.45, 2.75) is 31.3 Å². The van der Waals surface area contributed by atoms with Crippen LogP contribution in [0.4, 0.5) is 0 Å². The van der Waals surface area contributed by atoms with Crippen LogP contribution >= 0.6 is 0 Å². The van der Waals surface area contributed by atoms with Gasteiger partial charge in [-0.3, -0.25) is 9.55 Å². The average Bonchev–Trinajstić information content (AvgIpc) is 3.57. The van der Waals surface area contributed by atoms with Crippen LogP contribution < -0.4 is 11.4 Å². The lowest BCUT2D eigenvalue weighted by Gasteiger charge is -2.13. The number of para-hydroxylation sites is 2. The molecule has 3 N–H and O–H groups in total. The molecule has 6 rings (SSSR count). The van der Waals surface area contributed by atoms with Gasteiger partial charge in [-0.1, -0.05) is 36.4 Å². The maximum Gasteiger partial charge on any atom is 0.331 e. The van der Waals surface area contributed by atoms with Crippen molar-refractivity contribution in [3.63, 3.8) is 0 Å². The summed E-state index contributed by atoms with van der Waals surface area (Å²) in [5.74, 6) is 0. The first-order valence-corrected chi connectivity index (χ1v) is 11.2. The number of rotatable bonds is 3. The fourth-order valence-electron chi connectivity index (χ4n) is 5.44. The second-order valence-electron chi connectivity index (χ2n) is 8.94. The summed E-state index contributed by atoms with van der Waals surface area (Å²) in [4.78, 5) is 16.0. The van der Waals surface area contributed by atoms with Crippen molar-refractivity contribution in [1.82, 2.24) is 18.7 Å². The molecular weight excluding hydrogens is 412 g/mol. The highest BCUT2D eigenvalue weighted by molar-refractivity contribution is 5.98. The van der Waals surface area contributed by atoms with Gasteiger partial charge in [0.05, 0.1) is 11.4 Å². The molecular formula is C26H24N6O. The molecule has 0 amide bonds. The third kappa shape index (κ3) is 2.88. The molecule has 1 aliphatic carbocycles. The quantitative estimate of drug-likeness (QED) is 0.443. The number of aromatic nitrogens is 4. The van der Waals surface area contributed by atoms with Crippen molar-refractivity contribution < 1.29 is 0 Å². The molecule has 0 radical (unpaired) electrons. The summed E-state index contributed by atoms with van der Waals surface area (Å²) in [6.07, 6.45) is 6.99. The Morgan fingerprint density at radius 1 is 1.03 bits per heavy atom. The SMILES string of the molecule is Cn1cc(-n2c(-c3cn(C4CCC(N)C4)c4ccccc34)c(C#N)[nH]c2=O)c2ccccc21. The Balaban J connectivity index is 1.66. The summed E-state index contributed by atoms with van der Waals surface area (Å²) in [6, 6.07) is 18.9. The lowest BCUT2D eigenvalue weighted by Crippen LogP contribution is -2.16. The minimum absolute atomic E-state index is 0.204. The average molecular weight is 437 g/mol. The van der Waals surface area contributed by atoms with Crippen LogP contribution in [0, 0.1) is 11.3 Å². The first-order valence-electron chi connectivity index (χ1n) is 11.2. The number of aromatic amines is 1. The summed E-state index contributed by atoms with van der Waals surface area (Å²) >= 11 is 0. The number of fused-ring (bicyclic) bond motifs is 2. The summed E-state index contributed by atoms with van der Waals surface area (Å²) < 4.78 is 5.93. The molecule has 2 atom stereocenters. The standard InChI is InChI=1S/C26H24N6O/c1-30-15-24(19-7-3-4-8-22(19)30)32-25(21(13-27)29-26(32)33)20-14-31(17-11-10-16(28)12-17)23-9-5-2-6-18(20)23/h2-9,14-17H,10-12,28H2,1H3,(H,29,33). The molecule has 3 heterocycles. The van der Waals surface area contributed by atoms with E-state index < -0.39 is 0 Å². The minimum atomic E-state index is -0.322. The largest absolute Gasteiger partial charge is 0.348 e. The van der Waals surface area contributed by atoms with Crippen molar-refractivity contribution in [2.75, 3.05) is 0 Å². The Kier molecular flexibility index (Phi) is 4.32. The van der Waals surface area contributed by atoms with Crippen molar-refractivity contribution in [3.05, 3.63) is 77.1 Å². The van der Waals surface area contributed by atoms with Gasteiger partial charge in [0.2, 0.25) is 0 Å². The van der Waals surface area contributed by atoms with Crippen LogP contribution in [0.15, 0.2) is 65.7 Å². The van der Waals surface area contributed by atoms with E-state index in [9.17, 15) is 10.1 Å². The number of nitrogens with one attached hydrogen (secondary N) is 1. The number of nitriles is 1. The van der Waals surface area contributed by atoms with Gasteiger partial charge >= 0.3 is 5.69 Å². The number of imidazole rings is 1. The normalized spacial score (nSPS) is 18.3. The molecule has 7 nitrogen and oxygen atoms in total. The van der Waals surface area contributed by atoms with Crippen LogP contribution in [0.3, 0.4) is 0 Å². The number of aryl methyl sites for hydroxylation is 1. The van der Waals surface area contributed by atoms with Crippen LogP contribution in [0.25, 0.3) is 38.8 Å². The Bertz CT molecular complexity index is 1620. The molecule has 33 heavy (non-hydrogen) atoms. The topological polar surface area (TPSA) is 97.5 Å². The van der Waals surface area contributed by atoms with Crippen molar-refractivity contribution >= 4 is 21.8 Å². The third-order valence-electron chi connectivity index (χ3n) is 6.96. The second kappa shape index (κ2) is 7.26. The molecule has 1 fully saturated rings. The zero-order valence-corrected chi connectivity index (χ0v) is 18.3. The maximum atomic E-state index is 13.2. The van der Waals surface area contributed by atoms with E-state index in [0.717, 1.165) is 52.3 Å².